The SMILES string of the molecule is Cn1c2ccc(OC[C@H](O/N=C(\C(=O)N[C@@H]3C(=O)N(OS(=O)(=O)O)C3(C)C)c3csc(N)n3)C(=O)O)cc2c[n+]1CC1(C(N)=O)CNC1. The third-order valence-electron chi connectivity index (χ3n) is 7.98. The van der Waals surface area contributed by atoms with Gasteiger partial charge < -0.3 is 36.8 Å². The molecular formula is C26H32N9O11S2+. The fourth-order valence-corrected chi connectivity index (χ4v) is 6.12. The minimum Gasteiger partial charge on any atom is -0.489 e. The largest absolute Gasteiger partial charge is 0.489 e. The number of amides is 3. The van der Waals surface area contributed by atoms with Crippen molar-refractivity contribution < 1.29 is 55.8 Å². The number of fused-ring (bicyclic) bond motifs is 1. The van der Waals surface area contributed by atoms with Crippen LogP contribution in [0.4, 0.5) is 5.13 Å². The molecule has 0 bridgehead atoms. The molecule has 48 heavy (non-hydrogen) atoms. The Bertz CT molecular complexity index is 1940. The average molecular weight is 711 g/mol. The number of carbonyl (C=O) groups is 4. The molecule has 8 N–H and O–H groups in total. The molecule has 0 spiro atoms. The highest BCUT2D eigenvalue weighted by Gasteiger charge is 2.58. The number of nitrogen functional groups attached to an aromatic ring is 1. The van der Waals surface area contributed by atoms with Crippen LogP contribution >= 0.6 is 11.3 Å². The molecule has 4 heterocycles. The van der Waals surface area contributed by atoms with Crippen LogP contribution in [0.15, 0.2) is 34.9 Å². The Labute approximate surface area is 276 Å². The van der Waals surface area contributed by atoms with Crippen LogP contribution in [0.3, 0.4) is 0 Å². The van der Waals surface area contributed by atoms with Gasteiger partial charge in [-0.1, -0.05) is 5.16 Å². The van der Waals surface area contributed by atoms with E-state index in [9.17, 15) is 32.7 Å². The number of hydrogen-bond acceptors (Lipinski definition) is 14. The van der Waals surface area contributed by atoms with E-state index in [1.54, 1.807) is 18.2 Å². The second kappa shape index (κ2) is 12.6. The van der Waals surface area contributed by atoms with Gasteiger partial charge in [0.05, 0.1) is 18.0 Å². The van der Waals surface area contributed by atoms with Gasteiger partial charge in [-0.15, -0.1) is 20.3 Å². The summed E-state index contributed by atoms with van der Waals surface area (Å²) in [6, 6.07) is 3.71. The Morgan fingerprint density at radius 3 is 2.56 bits per heavy atom. The van der Waals surface area contributed by atoms with Crippen LogP contribution in [0.25, 0.3) is 10.9 Å². The molecule has 0 aliphatic carbocycles. The number of hydroxylamine groups is 2. The number of benzene rings is 1. The number of oxime groups is 1. The number of rotatable bonds is 14. The minimum absolute atomic E-state index is 0.0446. The highest BCUT2D eigenvalue weighted by molar-refractivity contribution is 7.80. The van der Waals surface area contributed by atoms with Gasteiger partial charge in [-0.2, -0.15) is 18.2 Å². The number of aliphatic carboxylic acids is 1. The predicted octanol–water partition coefficient (Wildman–Crippen LogP) is -2.33. The molecule has 2 fully saturated rings. The maximum Gasteiger partial charge on any atom is 0.418 e. The number of primary amides is 1. The first-order chi connectivity index (χ1) is 22.4. The topological polar surface area (TPSA) is 284 Å². The van der Waals surface area contributed by atoms with Gasteiger partial charge in [-0.25, -0.2) is 9.78 Å². The molecule has 2 atom stereocenters. The smallest absolute Gasteiger partial charge is 0.418 e. The summed E-state index contributed by atoms with van der Waals surface area (Å²) in [6.45, 7) is 3.44. The third kappa shape index (κ3) is 6.73. The molecular weight excluding hydrogens is 678 g/mol. The van der Waals surface area contributed by atoms with Gasteiger partial charge in [0, 0.05) is 18.5 Å². The lowest BCUT2D eigenvalue weighted by molar-refractivity contribution is -0.780. The van der Waals surface area contributed by atoms with Gasteiger partial charge in [-0.3, -0.25) is 18.9 Å². The number of nitrogens with two attached hydrogens (primary N) is 2. The van der Waals surface area contributed by atoms with Gasteiger partial charge in [0.25, 0.3) is 17.9 Å². The van der Waals surface area contributed by atoms with E-state index in [-0.39, 0.29) is 10.8 Å². The van der Waals surface area contributed by atoms with Crippen LogP contribution in [0.2, 0.25) is 0 Å². The Morgan fingerprint density at radius 1 is 1.31 bits per heavy atom. The number of anilines is 1. The van der Waals surface area contributed by atoms with Crippen molar-refractivity contribution in [2.75, 3.05) is 25.4 Å². The number of hydrogen-bond donors (Lipinski definition) is 6. The van der Waals surface area contributed by atoms with Crippen LogP contribution in [0.5, 0.6) is 5.75 Å². The van der Waals surface area contributed by atoms with Crippen molar-refractivity contribution in [1.29, 1.82) is 0 Å². The summed E-state index contributed by atoms with van der Waals surface area (Å²) in [4.78, 5) is 59.1. The van der Waals surface area contributed by atoms with Crippen molar-refractivity contribution in [3.05, 3.63) is 35.5 Å². The predicted molar refractivity (Wildman–Crippen MR) is 164 cm³/mol. The molecule has 3 amide bonds. The molecule has 258 valence electrons. The van der Waals surface area contributed by atoms with E-state index in [0.29, 0.717) is 30.4 Å². The molecule has 2 aliphatic heterocycles. The fourth-order valence-electron chi connectivity index (χ4n) is 5.11. The first-order valence-electron chi connectivity index (χ1n) is 14.0. The molecule has 5 rings (SSSR count). The number of carboxylic acids is 1. The van der Waals surface area contributed by atoms with E-state index >= 15 is 0 Å². The van der Waals surface area contributed by atoms with Crippen LogP contribution in [0, 0.1) is 5.41 Å². The van der Waals surface area contributed by atoms with Crippen molar-refractivity contribution >= 4 is 67.2 Å². The zero-order chi connectivity index (χ0) is 35.2. The number of carbonyl (C=O) groups excluding carboxylic acids is 3. The summed E-state index contributed by atoms with van der Waals surface area (Å²) in [6.07, 6.45) is 0.0926. The molecule has 2 aliphatic rings. The van der Waals surface area contributed by atoms with Crippen molar-refractivity contribution in [3.63, 3.8) is 0 Å². The number of nitrogens with zero attached hydrogens (tertiary/aromatic N) is 5. The molecule has 22 heteroatoms. The molecule has 0 saturated carbocycles. The van der Waals surface area contributed by atoms with E-state index in [1.807, 2.05) is 22.6 Å². The van der Waals surface area contributed by atoms with Crippen LogP contribution in [0.1, 0.15) is 19.5 Å². The summed E-state index contributed by atoms with van der Waals surface area (Å²) in [5.74, 6) is -3.63. The second-order valence-electron chi connectivity index (χ2n) is 11.7. The van der Waals surface area contributed by atoms with Gasteiger partial charge in [0.1, 0.15) is 35.0 Å². The highest BCUT2D eigenvalue weighted by Crippen LogP contribution is 2.33. The van der Waals surface area contributed by atoms with Crippen molar-refractivity contribution in [2.45, 2.75) is 38.1 Å². The molecule has 3 aromatic rings. The number of thiazole rings is 1. The lowest BCUT2D eigenvalue weighted by Gasteiger charge is -2.50. The summed E-state index contributed by atoms with van der Waals surface area (Å²) in [5.41, 5.74) is 9.35. The number of aryl methyl sites for hydroxylation is 1. The summed E-state index contributed by atoms with van der Waals surface area (Å²) in [7, 11) is -3.21. The molecule has 0 unspecified atom stereocenters. The number of β-lactam (4-membered cyclic amide) rings is 1. The van der Waals surface area contributed by atoms with Crippen LogP contribution in [-0.4, -0.2) is 99.6 Å². The van der Waals surface area contributed by atoms with E-state index in [0.717, 1.165) is 22.2 Å². The van der Waals surface area contributed by atoms with Crippen LogP contribution in [-0.2, 0) is 52.3 Å². The molecule has 1 aromatic carbocycles. The number of aromatic nitrogens is 3. The molecule has 20 nitrogen and oxygen atoms in total. The highest BCUT2D eigenvalue weighted by atomic mass is 32.3. The zero-order valence-electron chi connectivity index (χ0n) is 25.6. The van der Waals surface area contributed by atoms with Crippen LogP contribution < -0.4 is 31.5 Å². The molecule has 0 radical (unpaired) electrons. The van der Waals surface area contributed by atoms with E-state index in [2.05, 4.69) is 25.1 Å². The van der Waals surface area contributed by atoms with Crippen molar-refractivity contribution in [2.24, 2.45) is 23.4 Å². The average Bonchev–Trinajstić information content (AvgIpc) is 3.54. The summed E-state index contributed by atoms with van der Waals surface area (Å²) < 4.78 is 44.9. The zero-order valence-corrected chi connectivity index (χ0v) is 27.3. The Balaban J connectivity index is 1.30. The third-order valence-corrected chi connectivity index (χ3v) is 9.00. The fraction of sp³-hybridized carbons (Fsp3) is 0.423. The Kier molecular flexibility index (Phi) is 9.05. The second-order valence-corrected chi connectivity index (χ2v) is 13.6. The normalized spacial score (nSPS) is 19.2. The van der Waals surface area contributed by atoms with E-state index < -0.39 is 69.5 Å². The first kappa shape index (κ1) is 34.4. The first-order valence-corrected chi connectivity index (χ1v) is 16.3. The molecule has 2 aromatic heterocycles. The van der Waals surface area contributed by atoms with Gasteiger partial charge in [-0.05, 0) is 32.0 Å². The number of nitrogens with one attached hydrogen (secondary N) is 2. The van der Waals surface area contributed by atoms with Crippen molar-refractivity contribution in [3.8, 4) is 5.75 Å². The lowest BCUT2D eigenvalue weighted by atomic mass is 9.81. The molecule has 2 saturated heterocycles. The van der Waals surface area contributed by atoms with Gasteiger partial charge in [0.15, 0.2) is 17.4 Å². The monoisotopic (exact) mass is 710 g/mol. The lowest BCUT2D eigenvalue weighted by Crippen LogP contribution is -2.76. The maximum atomic E-state index is 13.3. The van der Waals surface area contributed by atoms with Gasteiger partial charge in [0.2, 0.25) is 12.1 Å². The number of ether oxygens (including phenoxy) is 1. The maximum absolute atomic E-state index is 13.3. The quantitative estimate of drug-likeness (QED) is 0.0337. The summed E-state index contributed by atoms with van der Waals surface area (Å²) >= 11 is 0.946. The Hall–Kier alpha value is -4.90. The minimum atomic E-state index is -5.03. The van der Waals surface area contributed by atoms with E-state index in [4.69, 9.17) is 25.6 Å². The van der Waals surface area contributed by atoms with Crippen molar-refractivity contribution in [1.82, 2.24) is 25.4 Å². The number of carboxylic acid groups (broad SMARTS) is 1. The van der Waals surface area contributed by atoms with E-state index in [1.165, 1.54) is 19.2 Å². The summed E-state index contributed by atoms with van der Waals surface area (Å²) in [5, 5.41) is 21.4. The van der Waals surface area contributed by atoms with Gasteiger partial charge >= 0.3 is 16.4 Å². The Morgan fingerprint density at radius 2 is 2.02 bits per heavy atom. The standard InChI is InChI=1S/C26H31N9O11S2/c1-25(2)19(21(37)35(25)46-48(41,42)43)31-20(36)18(15-9-47-24(28)30-15)32-45-17(22(38)39)8-44-14-4-5-16-13(6-14)7-34(33(16)3)12-26(23(27)40)10-29-11-26/h4-7,9,17,19,29H,8,10-12H2,1-3H3,(H6-,27,28,30,31,36,38,39,40,41,42,43)/p+1/b32-18-/t17-,19+/m0/s1.